The zero-order valence-corrected chi connectivity index (χ0v) is 16.4. The molecule has 2 amide bonds. The Balaban J connectivity index is 1.48. The zero-order valence-electron chi connectivity index (χ0n) is 16.4. The van der Waals surface area contributed by atoms with E-state index in [1.807, 2.05) is 34.8 Å². The fraction of sp³-hybridized carbons (Fsp3) is 0.429. The third kappa shape index (κ3) is 4.31. The lowest BCUT2D eigenvalue weighted by molar-refractivity contribution is -0.384. The maximum Gasteiger partial charge on any atom is 0.269 e. The standard InChI is InChI=1S/C21H24N4O4/c1-22-12-2-3-19(22)13-23(16-8-9-16)20(26)14-24(17-10-11-17)21(27)15-4-6-18(7-5-15)25(28)29/h2-7,12,16-17H,8-11,13-14H2,1H3. The Morgan fingerprint density at radius 3 is 2.21 bits per heavy atom. The summed E-state index contributed by atoms with van der Waals surface area (Å²) in [6, 6.07) is 9.85. The van der Waals surface area contributed by atoms with Crippen molar-refractivity contribution in [1.29, 1.82) is 0 Å². The average Bonchev–Trinajstić information content (AvgIpc) is 3.63. The summed E-state index contributed by atoms with van der Waals surface area (Å²) in [5, 5.41) is 10.8. The van der Waals surface area contributed by atoms with E-state index in [2.05, 4.69) is 0 Å². The first-order chi connectivity index (χ1) is 13.9. The molecule has 0 radical (unpaired) electrons. The number of carbonyl (C=O) groups is 2. The van der Waals surface area contributed by atoms with Gasteiger partial charge in [0.1, 0.15) is 6.54 Å². The average molecular weight is 396 g/mol. The van der Waals surface area contributed by atoms with E-state index in [9.17, 15) is 19.7 Å². The van der Waals surface area contributed by atoms with Crippen molar-refractivity contribution in [3.63, 3.8) is 0 Å². The fourth-order valence-electron chi connectivity index (χ4n) is 3.52. The van der Waals surface area contributed by atoms with Crippen LogP contribution in [-0.2, 0) is 18.4 Å². The summed E-state index contributed by atoms with van der Waals surface area (Å²) in [4.78, 5) is 40.0. The predicted octanol–water partition coefficient (Wildman–Crippen LogP) is 2.73. The number of carbonyl (C=O) groups excluding carboxylic acids is 2. The summed E-state index contributed by atoms with van der Waals surface area (Å²) in [5.74, 6) is -0.291. The van der Waals surface area contributed by atoms with Gasteiger partial charge in [-0.1, -0.05) is 0 Å². The summed E-state index contributed by atoms with van der Waals surface area (Å²) in [7, 11) is 1.96. The molecule has 0 N–H and O–H groups in total. The Kier molecular flexibility index (Phi) is 5.08. The molecule has 2 aliphatic rings. The lowest BCUT2D eigenvalue weighted by Crippen LogP contribution is -2.44. The van der Waals surface area contributed by atoms with Crippen molar-refractivity contribution in [2.45, 2.75) is 44.3 Å². The largest absolute Gasteiger partial charge is 0.353 e. The van der Waals surface area contributed by atoms with Gasteiger partial charge in [-0.3, -0.25) is 19.7 Å². The molecule has 0 aliphatic heterocycles. The Labute approximate surface area is 168 Å². The van der Waals surface area contributed by atoms with Gasteiger partial charge in [-0.2, -0.15) is 0 Å². The summed E-state index contributed by atoms with van der Waals surface area (Å²) < 4.78 is 2.00. The highest BCUT2D eigenvalue weighted by atomic mass is 16.6. The molecule has 0 bridgehead atoms. The van der Waals surface area contributed by atoms with E-state index in [-0.39, 0.29) is 36.1 Å². The van der Waals surface area contributed by atoms with Gasteiger partial charge in [-0.15, -0.1) is 0 Å². The summed E-state index contributed by atoms with van der Waals surface area (Å²) in [6.45, 7) is 0.582. The van der Waals surface area contributed by atoms with Crippen molar-refractivity contribution in [3.8, 4) is 0 Å². The van der Waals surface area contributed by atoms with Gasteiger partial charge in [-0.05, 0) is 49.9 Å². The predicted molar refractivity (Wildman–Crippen MR) is 106 cm³/mol. The second-order valence-electron chi connectivity index (χ2n) is 7.83. The normalized spacial score (nSPS) is 15.8. The van der Waals surface area contributed by atoms with Crippen LogP contribution in [0.5, 0.6) is 0 Å². The second kappa shape index (κ2) is 7.69. The highest BCUT2D eigenvalue weighted by Gasteiger charge is 2.38. The molecule has 0 saturated heterocycles. The highest BCUT2D eigenvalue weighted by Crippen LogP contribution is 2.31. The van der Waals surface area contributed by atoms with Gasteiger partial charge in [0.25, 0.3) is 11.6 Å². The van der Waals surface area contributed by atoms with Crippen LogP contribution in [0.2, 0.25) is 0 Å². The molecule has 0 unspecified atom stereocenters. The number of hydrogen-bond acceptors (Lipinski definition) is 4. The summed E-state index contributed by atoms with van der Waals surface area (Å²) in [5.41, 5.74) is 1.37. The number of nitro benzene ring substituents is 1. The minimum atomic E-state index is -0.493. The third-order valence-corrected chi connectivity index (χ3v) is 5.57. The molecule has 8 nitrogen and oxygen atoms in total. The second-order valence-corrected chi connectivity index (χ2v) is 7.83. The summed E-state index contributed by atoms with van der Waals surface area (Å²) in [6.07, 6.45) is 5.71. The van der Waals surface area contributed by atoms with Crippen LogP contribution in [0.4, 0.5) is 5.69 Å². The van der Waals surface area contributed by atoms with Crippen LogP contribution in [0.1, 0.15) is 41.7 Å². The van der Waals surface area contributed by atoms with Crippen LogP contribution in [0.25, 0.3) is 0 Å². The van der Waals surface area contributed by atoms with Crippen molar-refractivity contribution >= 4 is 17.5 Å². The molecule has 29 heavy (non-hydrogen) atoms. The van der Waals surface area contributed by atoms with Gasteiger partial charge >= 0.3 is 0 Å². The lowest BCUT2D eigenvalue weighted by atomic mass is 10.1. The van der Waals surface area contributed by atoms with Crippen molar-refractivity contribution in [3.05, 3.63) is 64.0 Å². The maximum absolute atomic E-state index is 13.1. The number of benzene rings is 1. The molecule has 1 aromatic carbocycles. The smallest absolute Gasteiger partial charge is 0.269 e. The molecule has 2 fully saturated rings. The number of amides is 2. The molecule has 4 rings (SSSR count). The molecule has 8 heteroatoms. The molecule has 0 atom stereocenters. The number of aromatic nitrogens is 1. The molecular formula is C21H24N4O4. The Hall–Kier alpha value is -3.16. The quantitative estimate of drug-likeness (QED) is 0.507. The molecule has 152 valence electrons. The molecule has 1 aromatic heterocycles. The van der Waals surface area contributed by atoms with Crippen LogP contribution in [-0.4, -0.2) is 49.7 Å². The molecule has 2 saturated carbocycles. The van der Waals surface area contributed by atoms with E-state index >= 15 is 0 Å². The van der Waals surface area contributed by atoms with Crippen molar-refractivity contribution in [2.75, 3.05) is 6.54 Å². The van der Waals surface area contributed by atoms with Crippen molar-refractivity contribution in [2.24, 2.45) is 7.05 Å². The molecule has 1 heterocycles. The van der Waals surface area contributed by atoms with Gasteiger partial charge in [0.15, 0.2) is 0 Å². The number of non-ortho nitro benzene ring substituents is 1. The molecule has 2 aromatic rings. The Morgan fingerprint density at radius 1 is 1.07 bits per heavy atom. The van der Waals surface area contributed by atoms with Crippen LogP contribution < -0.4 is 0 Å². The van der Waals surface area contributed by atoms with Crippen molar-refractivity contribution < 1.29 is 14.5 Å². The topological polar surface area (TPSA) is 88.7 Å². The number of nitro groups is 1. The van der Waals surface area contributed by atoms with Gasteiger partial charge in [-0.25, -0.2) is 0 Å². The number of nitrogens with zero attached hydrogens (tertiary/aromatic N) is 4. The highest BCUT2D eigenvalue weighted by molar-refractivity contribution is 5.97. The van der Waals surface area contributed by atoms with Crippen LogP contribution >= 0.6 is 0 Å². The SMILES string of the molecule is Cn1cccc1CN(C(=O)CN(C(=O)c1ccc([N+](=O)[O-])cc1)C1CC1)C1CC1. The maximum atomic E-state index is 13.1. The Morgan fingerprint density at radius 2 is 1.69 bits per heavy atom. The molecule has 0 spiro atoms. The van der Waals surface area contributed by atoms with E-state index in [0.717, 1.165) is 31.4 Å². The number of hydrogen-bond donors (Lipinski definition) is 0. The van der Waals surface area contributed by atoms with Crippen LogP contribution in [0.3, 0.4) is 0 Å². The van der Waals surface area contributed by atoms with E-state index in [1.54, 1.807) is 4.90 Å². The lowest BCUT2D eigenvalue weighted by Gasteiger charge is -2.28. The van der Waals surface area contributed by atoms with Gasteiger partial charge < -0.3 is 14.4 Å². The van der Waals surface area contributed by atoms with Gasteiger partial charge in [0, 0.05) is 48.7 Å². The minimum absolute atomic E-state index is 0.0431. The monoisotopic (exact) mass is 396 g/mol. The van der Waals surface area contributed by atoms with Crippen LogP contribution in [0, 0.1) is 10.1 Å². The fourth-order valence-corrected chi connectivity index (χ4v) is 3.52. The van der Waals surface area contributed by atoms with E-state index in [4.69, 9.17) is 0 Å². The van der Waals surface area contributed by atoms with Crippen LogP contribution in [0.15, 0.2) is 42.6 Å². The third-order valence-electron chi connectivity index (χ3n) is 5.57. The van der Waals surface area contributed by atoms with E-state index in [1.165, 1.54) is 24.3 Å². The molecular weight excluding hydrogens is 372 g/mol. The number of rotatable bonds is 8. The van der Waals surface area contributed by atoms with Gasteiger partial charge in [0.05, 0.1) is 11.5 Å². The first-order valence-corrected chi connectivity index (χ1v) is 9.89. The van der Waals surface area contributed by atoms with Gasteiger partial charge in [0.2, 0.25) is 5.91 Å². The zero-order chi connectivity index (χ0) is 20.5. The van der Waals surface area contributed by atoms with Crippen molar-refractivity contribution in [1.82, 2.24) is 14.4 Å². The summed E-state index contributed by atoms with van der Waals surface area (Å²) >= 11 is 0. The minimum Gasteiger partial charge on any atom is -0.353 e. The first kappa shape index (κ1) is 19.2. The number of aryl methyl sites for hydroxylation is 1. The van der Waals surface area contributed by atoms with E-state index < -0.39 is 4.92 Å². The van der Waals surface area contributed by atoms with E-state index in [0.29, 0.717) is 12.1 Å². The molecule has 2 aliphatic carbocycles. The Bertz CT molecular complexity index is 928. The first-order valence-electron chi connectivity index (χ1n) is 9.89.